The summed E-state index contributed by atoms with van der Waals surface area (Å²) < 4.78 is 41.7. The number of rotatable bonds is 12. The number of piperidine rings is 1. The molecule has 2 saturated carbocycles. The summed E-state index contributed by atoms with van der Waals surface area (Å²) in [7, 11) is 8.38. The lowest BCUT2D eigenvalue weighted by Gasteiger charge is -2.46. The predicted octanol–water partition coefficient (Wildman–Crippen LogP) is 5.39. The number of carbonyl (C=O) groups is 12. The van der Waals surface area contributed by atoms with E-state index in [9.17, 15) is 37.5 Å². The first kappa shape index (κ1) is 82.2. The lowest BCUT2D eigenvalue weighted by atomic mass is 9.84. The molecule has 0 bridgehead atoms. The van der Waals surface area contributed by atoms with Crippen LogP contribution >= 0.6 is 11.6 Å². The van der Waals surface area contributed by atoms with E-state index in [4.69, 9.17) is 11.6 Å². The Labute approximate surface area is 604 Å². The van der Waals surface area contributed by atoms with Crippen molar-refractivity contribution < 1.29 is 75.8 Å². The number of halogens is 4. The van der Waals surface area contributed by atoms with Crippen molar-refractivity contribution in [1.82, 2.24) is 60.0 Å². The van der Waals surface area contributed by atoms with Crippen molar-refractivity contribution in [2.45, 2.75) is 255 Å². The van der Waals surface area contributed by atoms with E-state index >= 15 is 38.4 Å². The summed E-state index contributed by atoms with van der Waals surface area (Å²) in [6.45, 7) is 12.1. The number of nitrogens with one attached hydrogen (secondary N) is 3. The van der Waals surface area contributed by atoms with Crippen LogP contribution < -0.4 is 16.0 Å². The molecule has 4 heterocycles. The zero-order chi connectivity index (χ0) is 75.6. The lowest BCUT2D eigenvalue weighted by Crippen LogP contribution is -2.67. The Kier molecular flexibility index (Phi) is 28.7. The highest BCUT2D eigenvalue weighted by molar-refractivity contribution is 6.31. The van der Waals surface area contributed by atoms with Crippen LogP contribution in [-0.4, -0.2) is 261 Å². The van der Waals surface area contributed by atoms with Gasteiger partial charge in [-0.25, -0.2) is 0 Å². The molecule has 1 aromatic rings. The Morgan fingerprint density at radius 3 is 1.83 bits per heavy atom. The number of amides is 12. The number of aliphatic hydroxyl groups excluding tert-OH is 1. The fraction of sp³-hybridized carbons (Fsp3) is 0.753. The van der Waals surface area contributed by atoms with Crippen molar-refractivity contribution in [3.63, 3.8) is 0 Å². The van der Waals surface area contributed by atoms with Crippen LogP contribution in [-0.2, 0) is 70.1 Å². The minimum atomic E-state index is -4.77. The van der Waals surface area contributed by atoms with Gasteiger partial charge in [-0.3, -0.25) is 57.5 Å². The van der Waals surface area contributed by atoms with Gasteiger partial charge >= 0.3 is 6.18 Å². The normalized spacial score (nSPS) is 27.8. The number of nitrogens with zero attached hydrogens (tertiary/aromatic N) is 9. The van der Waals surface area contributed by atoms with Crippen LogP contribution in [0.15, 0.2) is 18.2 Å². The van der Waals surface area contributed by atoms with Gasteiger partial charge in [-0.15, -0.1) is 0 Å². The maximum absolute atomic E-state index is 15.5. The molecule has 1 spiro atoms. The van der Waals surface area contributed by atoms with E-state index in [1.54, 1.807) is 32.6 Å². The fourth-order valence-electron chi connectivity index (χ4n) is 15.9. The number of likely N-dealkylation sites (tertiary alicyclic amines) is 1. The van der Waals surface area contributed by atoms with Crippen LogP contribution in [0.4, 0.5) is 13.2 Å². The molecule has 11 atom stereocenters. The molecule has 102 heavy (non-hydrogen) atoms. The maximum atomic E-state index is 15.5. The average molecular weight is 1460 g/mol. The SMILES string of the molecule is CC[C@H](C)[C@@H]1NC(=O)[C@H](CC(C)C)N(C)C(=O)C[C@@H](C(=O)N2CCCCC2)N(C)C(=O)[C@H](C(C)C)N(C)C(=O)C2(CCCC2)NC(=O)[C@@H]2CCCN2C(=O)[C@H](CCc2ccc(C(F)(F)F)c(Cl)c2)NC(=O)CN(C)C(=O)[C@H](CC2CCCCC2)N(C)C(=O)[C@@H]2CCN2C(=O)C([C@@H](C)O)N(C)C1=O. The van der Waals surface area contributed by atoms with Crippen LogP contribution in [0.1, 0.15) is 188 Å². The Morgan fingerprint density at radius 2 is 1.26 bits per heavy atom. The summed E-state index contributed by atoms with van der Waals surface area (Å²) in [5.41, 5.74) is -2.39. The van der Waals surface area contributed by atoms with Crippen molar-refractivity contribution in [1.29, 1.82) is 0 Å². The molecule has 12 amide bonds. The van der Waals surface area contributed by atoms with Crippen LogP contribution in [0, 0.1) is 23.7 Å². The lowest BCUT2D eigenvalue weighted by molar-refractivity contribution is -0.163. The molecule has 29 heteroatoms. The van der Waals surface area contributed by atoms with E-state index in [1.807, 2.05) is 13.8 Å². The summed E-state index contributed by atoms with van der Waals surface area (Å²) in [5, 5.41) is 19.6. The van der Waals surface area contributed by atoms with E-state index in [2.05, 4.69) is 16.0 Å². The largest absolute Gasteiger partial charge is 0.417 e. The van der Waals surface area contributed by atoms with E-state index in [-0.39, 0.29) is 81.9 Å². The second kappa shape index (κ2) is 35.6. The molecular formula is C73H112ClF3N12O13. The minimum absolute atomic E-state index is 0.0145. The number of benzene rings is 1. The van der Waals surface area contributed by atoms with Gasteiger partial charge in [0.25, 0.3) is 0 Å². The third kappa shape index (κ3) is 19.2. The van der Waals surface area contributed by atoms with Gasteiger partial charge in [-0.05, 0) is 125 Å². The monoisotopic (exact) mass is 1460 g/mol. The van der Waals surface area contributed by atoms with E-state index in [0.29, 0.717) is 51.6 Å². The van der Waals surface area contributed by atoms with Crippen LogP contribution in [0.2, 0.25) is 5.02 Å². The number of aryl methyl sites for hydroxylation is 1. The Bertz CT molecular complexity index is 3210. The summed E-state index contributed by atoms with van der Waals surface area (Å²) in [4.78, 5) is 192. The molecule has 25 nitrogen and oxygen atoms in total. The van der Waals surface area contributed by atoms with Crippen molar-refractivity contribution >= 4 is 82.5 Å². The molecule has 2 aliphatic carbocycles. The van der Waals surface area contributed by atoms with E-state index in [0.717, 1.165) is 60.5 Å². The number of alkyl halides is 3. The first-order chi connectivity index (χ1) is 48.0. The second-order valence-corrected chi connectivity index (χ2v) is 30.9. The van der Waals surface area contributed by atoms with Gasteiger partial charge in [0.05, 0.1) is 29.7 Å². The standard InChI is InChI=1S/C73H112ClF3N12O13/c1-14-45(6)59-68(99)85(12)61(46(7)90)70(101)89-37-31-53(89)66(97)83(10)55(40-47-24-17-15-18-25-47)65(96)81(8)42-57(91)78-51(30-28-48-27-29-49(50(74)39-48)73(75,76)77)64(95)88-36-23-26-52(88)63(94)80-72(32-19-20-33-72)71(102)86(13)60(44(4)5)69(100)84(11)56(67(98)87-34-21-16-22-35-87)41-58(92)82(9)54(38-43(2)3)62(93)79-59/h27,29,39,43-47,51-56,59-61,90H,14-26,28,30-38,40-42H2,1-13H3,(H,78,91)(H,79,93)(H,80,94)/t45-,46+,51-,52-,53-,54-,55-,56-,59-,60-,61?/m0/s1. The molecule has 4 N–H and O–H groups in total. The van der Waals surface area contributed by atoms with Crippen LogP contribution in [0.3, 0.4) is 0 Å². The Morgan fingerprint density at radius 1 is 0.637 bits per heavy atom. The third-order valence-corrected chi connectivity index (χ3v) is 22.7. The van der Waals surface area contributed by atoms with Gasteiger partial charge in [-0.1, -0.05) is 111 Å². The van der Waals surface area contributed by atoms with Gasteiger partial charge < -0.3 is 65.2 Å². The average Bonchev–Trinajstić information content (AvgIpc) is 0.982. The smallest absolute Gasteiger partial charge is 0.391 e. The Hall–Kier alpha value is -7.10. The van der Waals surface area contributed by atoms with Crippen molar-refractivity contribution in [2.75, 3.05) is 75.0 Å². The molecule has 570 valence electrons. The molecule has 0 radical (unpaired) electrons. The zero-order valence-corrected chi connectivity index (χ0v) is 62.8. The van der Waals surface area contributed by atoms with Gasteiger partial charge in [0, 0.05) is 68.5 Å². The molecule has 4 saturated heterocycles. The predicted molar refractivity (Wildman–Crippen MR) is 375 cm³/mol. The van der Waals surface area contributed by atoms with Crippen molar-refractivity contribution in [3.8, 4) is 0 Å². The molecule has 4 aliphatic heterocycles. The molecular weight excluding hydrogens is 1350 g/mol. The third-order valence-electron chi connectivity index (χ3n) is 22.4. The number of hydrogen-bond donors (Lipinski definition) is 4. The maximum Gasteiger partial charge on any atom is 0.417 e. The number of carbonyl (C=O) groups excluding carboxylic acids is 12. The molecule has 1 unspecified atom stereocenters. The van der Waals surface area contributed by atoms with Gasteiger partial charge in [0.15, 0.2) is 0 Å². The Balaban J connectivity index is 1.30. The summed E-state index contributed by atoms with van der Waals surface area (Å²) >= 11 is 6.16. The van der Waals surface area contributed by atoms with Crippen molar-refractivity contribution in [2.24, 2.45) is 23.7 Å². The number of likely N-dealkylation sites (N-methyl/N-ethyl adjacent to an activating group) is 6. The quantitative estimate of drug-likeness (QED) is 0.204. The van der Waals surface area contributed by atoms with Crippen molar-refractivity contribution in [3.05, 3.63) is 34.3 Å². The number of aliphatic hydroxyl groups is 1. The molecule has 6 aliphatic rings. The molecule has 6 fully saturated rings. The highest BCUT2D eigenvalue weighted by Crippen LogP contribution is 2.38. The minimum Gasteiger partial charge on any atom is -0.391 e. The van der Waals surface area contributed by atoms with Crippen LogP contribution in [0.25, 0.3) is 0 Å². The highest BCUT2D eigenvalue weighted by Gasteiger charge is 2.52. The summed E-state index contributed by atoms with van der Waals surface area (Å²) in [6, 6.07) is -8.72. The zero-order valence-electron chi connectivity index (χ0n) is 62.1. The topological polar surface area (TPSA) is 290 Å². The van der Waals surface area contributed by atoms with E-state index < -0.39 is 178 Å². The first-order valence-corrected chi connectivity index (χ1v) is 37.3. The van der Waals surface area contributed by atoms with Gasteiger partial charge in [0.2, 0.25) is 70.9 Å². The van der Waals surface area contributed by atoms with Gasteiger partial charge in [0.1, 0.15) is 59.9 Å². The van der Waals surface area contributed by atoms with Crippen LogP contribution in [0.5, 0.6) is 0 Å². The number of hydrogen-bond acceptors (Lipinski definition) is 13. The second-order valence-electron chi connectivity index (χ2n) is 30.5. The van der Waals surface area contributed by atoms with Gasteiger partial charge in [-0.2, -0.15) is 13.2 Å². The fourth-order valence-corrected chi connectivity index (χ4v) is 16.2. The molecule has 7 rings (SSSR count). The highest BCUT2D eigenvalue weighted by atomic mass is 35.5. The molecule has 0 aromatic heterocycles. The van der Waals surface area contributed by atoms with E-state index in [1.165, 1.54) is 84.7 Å². The number of fused-ring (bicyclic) bond motifs is 2. The molecule has 1 aromatic carbocycles. The summed E-state index contributed by atoms with van der Waals surface area (Å²) in [5.74, 6) is -9.74. The summed E-state index contributed by atoms with van der Waals surface area (Å²) in [6.07, 6.45) is 1.70. The first-order valence-electron chi connectivity index (χ1n) is 36.9.